The molecule has 2 heteroatoms. The van der Waals surface area contributed by atoms with Gasteiger partial charge in [-0.2, -0.15) is 0 Å². The molecule has 0 bridgehead atoms. The molecular weight excluding hydrogens is 246 g/mol. The van der Waals surface area contributed by atoms with Crippen LogP contribution in [0.25, 0.3) is 0 Å². The van der Waals surface area contributed by atoms with Crippen LogP contribution in [-0.4, -0.2) is 6.61 Å². The third-order valence-electron chi connectivity index (χ3n) is 4.25. The van der Waals surface area contributed by atoms with E-state index in [0.29, 0.717) is 6.04 Å². The van der Waals surface area contributed by atoms with E-state index in [-0.39, 0.29) is 0 Å². The van der Waals surface area contributed by atoms with Crippen LogP contribution < -0.4 is 10.1 Å². The number of nitrogens with one attached hydrogen (secondary N) is 1. The summed E-state index contributed by atoms with van der Waals surface area (Å²) in [4.78, 5) is 0. The first-order chi connectivity index (χ1) is 9.90. The van der Waals surface area contributed by atoms with Crippen LogP contribution in [0, 0.1) is 0 Å². The van der Waals surface area contributed by atoms with Crippen LogP contribution in [0.3, 0.4) is 0 Å². The zero-order chi connectivity index (χ0) is 13.4. The van der Waals surface area contributed by atoms with Crippen LogP contribution in [0.1, 0.15) is 41.5 Å². The fourth-order valence-corrected chi connectivity index (χ4v) is 2.95. The maximum absolute atomic E-state index is 5.71. The molecule has 0 saturated heterocycles. The second kappa shape index (κ2) is 4.95. The lowest BCUT2D eigenvalue weighted by Crippen LogP contribution is -2.22. The zero-order valence-corrected chi connectivity index (χ0v) is 11.5. The van der Waals surface area contributed by atoms with Crippen LogP contribution in [0.15, 0.2) is 48.5 Å². The molecule has 102 valence electrons. The fraction of sp³-hybridized carbons (Fsp3) is 0.333. The van der Waals surface area contributed by atoms with Gasteiger partial charge in [0.2, 0.25) is 0 Å². The molecule has 1 unspecified atom stereocenters. The Labute approximate surface area is 119 Å². The standard InChI is InChI=1S/C18H19NO/c1-2-7-18-16(6-1)17(12-20-18)19-11-13-4-3-5-15(10-13)14-8-9-14/h1-7,10,14,17,19H,8-9,11-12H2. The Bertz CT molecular complexity index is 618. The van der Waals surface area contributed by atoms with E-state index in [2.05, 4.69) is 41.7 Å². The predicted molar refractivity (Wildman–Crippen MR) is 79.9 cm³/mol. The van der Waals surface area contributed by atoms with Gasteiger partial charge in [0.15, 0.2) is 0 Å². The average Bonchev–Trinajstić information content (AvgIpc) is 3.27. The largest absolute Gasteiger partial charge is 0.491 e. The molecule has 1 saturated carbocycles. The van der Waals surface area contributed by atoms with E-state index in [1.165, 1.54) is 29.5 Å². The first-order valence-electron chi connectivity index (χ1n) is 7.44. The molecule has 4 rings (SSSR count). The van der Waals surface area contributed by atoms with E-state index in [1.54, 1.807) is 0 Å². The van der Waals surface area contributed by atoms with Gasteiger partial charge in [-0.25, -0.2) is 0 Å². The summed E-state index contributed by atoms with van der Waals surface area (Å²) < 4.78 is 5.71. The Kier molecular flexibility index (Phi) is 2.96. The molecular formula is C18H19NO. The minimum Gasteiger partial charge on any atom is -0.491 e. The highest BCUT2D eigenvalue weighted by atomic mass is 16.5. The van der Waals surface area contributed by atoms with Crippen molar-refractivity contribution in [1.82, 2.24) is 5.32 Å². The van der Waals surface area contributed by atoms with Gasteiger partial charge < -0.3 is 10.1 Å². The summed E-state index contributed by atoms with van der Waals surface area (Å²) >= 11 is 0. The normalized spacial score (nSPS) is 20.5. The van der Waals surface area contributed by atoms with Gasteiger partial charge in [0, 0.05) is 12.1 Å². The molecule has 1 aliphatic heterocycles. The molecule has 2 aromatic carbocycles. The summed E-state index contributed by atoms with van der Waals surface area (Å²) in [6, 6.07) is 17.6. The SMILES string of the molecule is c1cc(CNC2COc3ccccc32)cc(C2CC2)c1. The van der Waals surface area contributed by atoms with E-state index >= 15 is 0 Å². The fourth-order valence-electron chi connectivity index (χ4n) is 2.95. The Balaban J connectivity index is 1.45. The van der Waals surface area contributed by atoms with Crippen molar-refractivity contribution in [3.63, 3.8) is 0 Å². The van der Waals surface area contributed by atoms with Crippen molar-refractivity contribution in [2.24, 2.45) is 0 Å². The number of ether oxygens (including phenoxy) is 1. The Hall–Kier alpha value is -1.80. The van der Waals surface area contributed by atoms with Gasteiger partial charge in [0.1, 0.15) is 12.4 Å². The van der Waals surface area contributed by atoms with Gasteiger partial charge in [-0.05, 0) is 36.0 Å². The van der Waals surface area contributed by atoms with Gasteiger partial charge in [0.25, 0.3) is 0 Å². The highest BCUT2D eigenvalue weighted by Crippen LogP contribution is 2.40. The van der Waals surface area contributed by atoms with Crippen molar-refractivity contribution in [3.8, 4) is 5.75 Å². The van der Waals surface area contributed by atoms with Gasteiger partial charge in [0.05, 0.1) is 6.04 Å². The van der Waals surface area contributed by atoms with E-state index in [0.717, 1.165) is 24.8 Å². The summed E-state index contributed by atoms with van der Waals surface area (Å²) in [5, 5.41) is 3.62. The maximum Gasteiger partial charge on any atom is 0.124 e. The van der Waals surface area contributed by atoms with Gasteiger partial charge in [-0.1, -0.05) is 42.5 Å². The van der Waals surface area contributed by atoms with E-state index in [1.807, 2.05) is 12.1 Å². The number of benzene rings is 2. The minimum atomic E-state index is 0.316. The molecule has 1 aliphatic carbocycles. The highest BCUT2D eigenvalue weighted by molar-refractivity contribution is 5.39. The monoisotopic (exact) mass is 265 g/mol. The molecule has 2 aromatic rings. The lowest BCUT2D eigenvalue weighted by Gasteiger charge is -2.12. The summed E-state index contributed by atoms with van der Waals surface area (Å²) in [5.41, 5.74) is 4.16. The molecule has 1 heterocycles. The van der Waals surface area contributed by atoms with Crippen LogP contribution in [0.2, 0.25) is 0 Å². The summed E-state index contributed by atoms with van der Waals surface area (Å²) in [6.07, 6.45) is 2.72. The van der Waals surface area contributed by atoms with Crippen LogP contribution in [0.4, 0.5) is 0 Å². The Morgan fingerprint density at radius 1 is 1.05 bits per heavy atom. The lowest BCUT2D eigenvalue weighted by atomic mass is 10.1. The van der Waals surface area contributed by atoms with Gasteiger partial charge in [-0.3, -0.25) is 0 Å². The topological polar surface area (TPSA) is 21.3 Å². The first-order valence-corrected chi connectivity index (χ1v) is 7.44. The Morgan fingerprint density at radius 2 is 1.95 bits per heavy atom. The Morgan fingerprint density at radius 3 is 2.85 bits per heavy atom. The van der Waals surface area contributed by atoms with Crippen molar-refractivity contribution >= 4 is 0 Å². The number of para-hydroxylation sites is 1. The number of hydrogen-bond donors (Lipinski definition) is 1. The van der Waals surface area contributed by atoms with Gasteiger partial charge in [-0.15, -0.1) is 0 Å². The molecule has 2 aliphatic rings. The molecule has 0 spiro atoms. The van der Waals surface area contributed by atoms with Crippen molar-refractivity contribution in [2.45, 2.75) is 31.3 Å². The summed E-state index contributed by atoms with van der Waals surface area (Å²) in [7, 11) is 0. The van der Waals surface area contributed by atoms with Crippen molar-refractivity contribution in [2.75, 3.05) is 6.61 Å². The second-order valence-corrected chi connectivity index (χ2v) is 5.80. The van der Waals surface area contributed by atoms with E-state index < -0.39 is 0 Å². The summed E-state index contributed by atoms with van der Waals surface area (Å²) in [5.74, 6) is 1.85. The quantitative estimate of drug-likeness (QED) is 0.908. The molecule has 1 N–H and O–H groups in total. The van der Waals surface area contributed by atoms with Crippen molar-refractivity contribution in [1.29, 1.82) is 0 Å². The van der Waals surface area contributed by atoms with Crippen LogP contribution >= 0.6 is 0 Å². The highest BCUT2D eigenvalue weighted by Gasteiger charge is 2.24. The predicted octanol–water partition coefficient (Wildman–Crippen LogP) is 3.79. The van der Waals surface area contributed by atoms with E-state index in [9.17, 15) is 0 Å². The smallest absolute Gasteiger partial charge is 0.124 e. The number of rotatable bonds is 4. The van der Waals surface area contributed by atoms with E-state index in [4.69, 9.17) is 4.74 Å². The maximum atomic E-state index is 5.71. The molecule has 0 amide bonds. The minimum absolute atomic E-state index is 0.316. The molecule has 1 fully saturated rings. The third-order valence-corrected chi connectivity index (χ3v) is 4.25. The van der Waals surface area contributed by atoms with Crippen LogP contribution in [0.5, 0.6) is 5.75 Å². The van der Waals surface area contributed by atoms with Crippen molar-refractivity contribution in [3.05, 3.63) is 65.2 Å². The van der Waals surface area contributed by atoms with Gasteiger partial charge >= 0.3 is 0 Å². The molecule has 2 nitrogen and oxygen atoms in total. The first kappa shape index (κ1) is 12.0. The molecule has 1 atom stereocenters. The second-order valence-electron chi connectivity index (χ2n) is 5.80. The zero-order valence-electron chi connectivity index (χ0n) is 11.5. The molecule has 20 heavy (non-hydrogen) atoms. The molecule has 0 aromatic heterocycles. The number of hydrogen-bond acceptors (Lipinski definition) is 2. The van der Waals surface area contributed by atoms with Crippen molar-refractivity contribution < 1.29 is 4.74 Å². The summed E-state index contributed by atoms with van der Waals surface area (Å²) in [6.45, 7) is 1.64. The average molecular weight is 265 g/mol. The number of fused-ring (bicyclic) bond motifs is 1. The molecule has 0 radical (unpaired) electrons. The van der Waals surface area contributed by atoms with Crippen LogP contribution in [-0.2, 0) is 6.54 Å². The third kappa shape index (κ3) is 2.32. The lowest BCUT2D eigenvalue weighted by molar-refractivity contribution is 0.310.